The van der Waals surface area contributed by atoms with Crippen LogP contribution in [0.1, 0.15) is 11.1 Å². The van der Waals surface area contributed by atoms with Crippen LogP contribution in [0.5, 0.6) is 5.75 Å². The van der Waals surface area contributed by atoms with Gasteiger partial charge in [0.2, 0.25) is 0 Å². The Morgan fingerprint density at radius 2 is 2.11 bits per heavy atom. The normalized spacial score (nSPS) is 10.8. The second-order valence-corrected chi connectivity index (χ2v) is 5.88. The van der Waals surface area contributed by atoms with Gasteiger partial charge in [-0.2, -0.15) is 10.2 Å². The van der Waals surface area contributed by atoms with Gasteiger partial charge in [0.1, 0.15) is 0 Å². The molecule has 28 heavy (non-hydrogen) atoms. The summed E-state index contributed by atoms with van der Waals surface area (Å²) < 4.78 is 5.25. The molecule has 0 saturated carbocycles. The van der Waals surface area contributed by atoms with Gasteiger partial charge in [-0.15, -0.1) is 0 Å². The predicted molar refractivity (Wildman–Crippen MR) is 103 cm³/mol. The molecule has 1 amide bonds. The van der Waals surface area contributed by atoms with Crippen LogP contribution in [0.2, 0.25) is 0 Å². The Bertz CT molecular complexity index is 1010. The minimum Gasteiger partial charge on any atom is -0.477 e. The molecule has 0 radical (unpaired) electrons. The number of aromatic amines is 1. The second-order valence-electron chi connectivity index (χ2n) is 5.88. The molecule has 3 aromatic rings. The molecule has 2 aromatic carbocycles. The Kier molecular flexibility index (Phi) is 5.75. The number of nitrogens with zero attached hydrogens (tertiary/aromatic N) is 3. The van der Waals surface area contributed by atoms with Crippen LogP contribution < -0.4 is 10.2 Å². The van der Waals surface area contributed by atoms with Crippen molar-refractivity contribution in [1.82, 2.24) is 15.6 Å². The minimum atomic E-state index is -0.553. The Hall–Kier alpha value is -4.01. The highest BCUT2D eigenvalue weighted by atomic mass is 16.6. The highest BCUT2D eigenvalue weighted by Crippen LogP contribution is 2.27. The summed E-state index contributed by atoms with van der Waals surface area (Å²) in [6.07, 6.45) is 3.04. The van der Waals surface area contributed by atoms with Crippen molar-refractivity contribution in [2.45, 2.75) is 6.92 Å². The van der Waals surface area contributed by atoms with Crippen LogP contribution in [0, 0.1) is 17.0 Å². The number of carbonyl (C=O) groups is 1. The molecule has 0 aliphatic rings. The highest BCUT2D eigenvalue weighted by molar-refractivity contribution is 5.89. The number of aryl methyl sites for hydroxylation is 1. The zero-order valence-corrected chi connectivity index (χ0v) is 15.0. The molecular formula is C19H17N5O4. The van der Waals surface area contributed by atoms with Gasteiger partial charge in [0, 0.05) is 17.2 Å². The van der Waals surface area contributed by atoms with Crippen LogP contribution in [0.15, 0.2) is 59.8 Å². The van der Waals surface area contributed by atoms with E-state index in [4.69, 9.17) is 4.74 Å². The molecule has 0 saturated heterocycles. The topological polar surface area (TPSA) is 123 Å². The van der Waals surface area contributed by atoms with Gasteiger partial charge in [0.15, 0.2) is 12.4 Å². The smallest absolute Gasteiger partial charge is 0.311 e. The van der Waals surface area contributed by atoms with Gasteiger partial charge in [-0.1, -0.05) is 36.4 Å². The summed E-state index contributed by atoms with van der Waals surface area (Å²) in [6, 6.07) is 14.1. The number of ether oxygens (including phenoxy) is 1. The standard InChI is InChI=1S/C19H17N5O4/c1-13-7-8-17(16(9-13)24(26)27)28-12-18(25)22-20-10-15-11-21-23-19(15)14-5-3-2-4-6-14/h2-11H,12H2,1H3,(H,21,23)(H,22,25)/b20-10-. The predicted octanol–water partition coefficient (Wildman–Crippen LogP) is 2.82. The molecule has 0 atom stereocenters. The van der Waals surface area contributed by atoms with Gasteiger partial charge < -0.3 is 4.74 Å². The molecule has 0 aliphatic carbocycles. The van der Waals surface area contributed by atoms with Crippen LogP contribution in [0.4, 0.5) is 5.69 Å². The quantitative estimate of drug-likeness (QED) is 0.371. The van der Waals surface area contributed by atoms with Crippen molar-refractivity contribution in [1.29, 1.82) is 0 Å². The van der Waals surface area contributed by atoms with E-state index in [1.54, 1.807) is 19.2 Å². The number of nitro groups is 1. The second kappa shape index (κ2) is 8.58. The number of nitrogens with one attached hydrogen (secondary N) is 2. The van der Waals surface area contributed by atoms with Gasteiger partial charge >= 0.3 is 5.69 Å². The molecule has 142 valence electrons. The molecule has 1 aromatic heterocycles. The van der Waals surface area contributed by atoms with Crippen molar-refractivity contribution < 1.29 is 14.5 Å². The third kappa shape index (κ3) is 4.58. The van der Waals surface area contributed by atoms with E-state index in [0.29, 0.717) is 5.56 Å². The summed E-state index contributed by atoms with van der Waals surface area (Å²) in [7, 11) is 0. The largest absolute Gasteiger partial charge is 0.477 e. The summed E-state index contributed by atoms with van der Waals surface area (Å²) in [5, 5.41) is 21.8. The first-order valence-corrected chi connectivity index (χ1v) is 8.33. The van der Waals surface area contributed by atoms with Crippen LogP contribution in [-0.4, -0.2) is 33.8 Å². The highest BCUT2D eigenvalue weighted by Gasteiger charge is 2.16. The molecule has 9 heteroatoms. The van der Waals surface area contributed by atoms with Crippen molar-refractivity contribution in [2.75, 3.05) is 6.61 Å². The fourth-order valence-electron chi connectivity index (χ4n) is 2.47. The molecular weight excluding hydrogens is 362 g/mol. The molecule has 0 aliphatic heterocycles. The SMILES string of the molecule is Cc1ccc(OCC(=O)N/N=C\c2cn[nH]c2-c2ccccc2)c([N+](=O)[O-])c1. The Morgan fingerprint density at radius 3 is 2.86 bits per heavy atom. The van der Waals surface area contributed by atoms with E-state index in [1.165, 1.54) is 18.3 Å². The summed E-state index contributed by atoms with van der Waals surface area (Å²) in [6.45, 7) is 1.33. The minimum absolute atomic E-state index is 0.0240. The third-order valence-electron chi connectivity index (χ3n) is 3.79. The number of nitro benzene ring substituents is 1. The maximum Gasteiger partial charge on any atom is 0.311 e. The Morgan fingerprint density at radius 1 is 1.32 bits per heavy atom. The molecule has 0 spiro atoms. The number of rotatable bonds is 7. The number of H-pyrrole nitrogens is 1. The van der Waals surface area contributed by atoms with Crippen molar-refractivity contribution in [2.24, 2.45) is 5.10 Å². The maximum absolute atomic E-state index is 11.9. The maximum atomic E-state index is 11.9. The number of amides is 1. The van der Waals surface area contributed by atoms with Crippen LogP contribution in [0.3, 0.4) is 0 Å². The van der Waals surface area contributed by atoms with Crippen molar-refractivity contribution in [3.05, 3.63) is 76.0 Å². The lowest BCUT2D eigenvalue weighted by molar-refractivity contribution is -0.385. The van der Waals surface area contributed by atoms with Crippen molar-refractivity contribution in [3.63, 3.8) is 0 Å². The van der Waals surface area contributed by atoms with E-state index in [0.717, 1.165) is 16.8 Å². The van der Waals surface area contributed by atoms with E-state index >= 15 is 0 Å². The van der Waals surface area contributed by atoms with Crippen molar-refractivity contribution in [3.8, 4) is 17.0 Å². The van der Waals surface area contributed by atoms with E-state index in [1.807, 2.05) is 30.3 Å². The van der Waals surface area contributed by atoms with Gasteiger partial charge in [0.25, 0.3) is 5.91 Å². The van der Waals surface area contributed by atoms with E-state index in [2.05, 4.69) is 20.7 Å². The number of hydrogen-bond donors (Lipinski definition) is 2. The molecule has 2 N–H and O–H groups in total. The zero-order chi connectivity index (χ0) is 19.9. The van der Waals surface area contributed by atoms with Gasteiger partial charge in [0.05, 0.1) is 23.0 Å². The fraction of sp³-hybridized carbons (Fsp3) is 0.105. The summed E-state index contributed by atoms with van der Waals surface area (Å²) in [5.41, 5.74) is 5.25. The average molecular weight is 379 g/mol. The lowest BCUT2D eigenvalue weighted by Crippen LogP contribution is -2.24. The number of hydrazone groups is 1. The van der Waals surface area contributed by atoms with E-state index in [9.17, 15) is 14.9 Å². The molecule has 1 heterocycles. The summed E-state index contributed by atoms with van der Waals surface area (Å²) >= 11 is 0. The molecule has 0 fully saturated rings. The van der Waals surface area contributed by atoms with Crippen LogP contribution in [0.25, 0.3) is 11.3 Å². The van der Waals surface area contributed by atoms with Crippen molar-refractivity contribution >= 4 is 17.8 Å². The number of carbonyl (C=O) groups excluding carboxylic acids is 1. The zero-order valence-electron chi connectivity index (χ0n) is 15.0. The molecule has 0 unspecified atom stereocenters. The lowest BCUT2D eigenvalue weighted by Gasteiger charge is -2.06. The summed E-state index contributed by atoms with van der Waals surface area (Å²) in [5.74, 6) is -0.521. The van der Waals surface area contributed by atoms with Gasteiger partial charge in [-0.05, 0) is 18.6 Å². The number of benzene rings is 2. The van der Waals surface area contributed by atoms with Gasteiger partial charge in [-0.25, -0.2) is 5.43 Å². The first-order chi connectivity index (χ1) is 13.5. The van der Waals surface area contributed by atoms with E-state index in [-0.39, 0.29) is 11.4 Å². The van der Waals surface area contributed by atoms with Crippen LogP contribution >= 0.6 is 0 Å². The first kappa shape index (κ1) is 18.8. The third-order valence-corrected chi connectivity index (χ3v) is 3.79. The molecule has 3 rings (SSSR count). The Labute approximate surface area is 160 Å². The monoisotopic (exact) mass is 379 g/mol. The van der Waals surface area contributed by atoms with E-state index < -0.39 is 17.4 Å². The average Bonchev–Trinajstić information content (AvgIpc) is 3.16. The van der Waals surface area contributed by atoms with Gasteiger partial charge in [-0.3, -0.25) is 20.0 Å². The lowest BCUT2D eigenvalue weighted by atomic mass is 10.1. The fourth-order valence-corrected chi connectivity index (χ4v) is 2.47. The van der Waals surface area contributed by atoms with Crippen LogP contribution in [-0.2, 0) is 4.79 Å². The molecule has 9 nitrogen and oxygen atoms in total. The number of aromatic nitrogens is 2. The molecule has 0 bridgehead atoms. The number of hydrogen-bond acceptors (Lipinski definition) is 6. The summed E-state index contributed by atoms with van der Waals surface area (Å²) in [4.78, 5) is 22.4. The Balaban J connectivity index is 1.59. The first-order valence-electron chi connectivity index (χ1n) is 8.33.